The number of anilines is 1. The Morgan fingerprint density at radius 3 is 2.35 bits per heavy atom. The van der Waals surface area contributed by atoms with Gasteiger partial charge in [0.25, 0.3) is 5.91 Å². The molecule has 4 nitrogen and oxygen atoms in total. The van der Waals surface area contributed by atoms with Crippen LogP contribution in [0.5, 0.6) is 5.75 Å². The number of nitrogens with zero attached hydrogens (tertiary/aromatic N) is 2. The van der Waals surface area contributed by atoms with Crippen LogP contribution in [0.25, 0.3) is 6.08 Å². The Labute approximate surface area is 143 Å². The van der Waals surface area contributed by atoms with Gasteiger partial charge < -0.3 is 4.74 Å². The molecule has 116 valence electrons. The van der Waals surface area contributed by atoms with E-state index in [1.807, 2.05) is 55.5 Å². The number of halogens is 1. The van der Waals surface area contributed by atoms with E-state index >= 15 is 0 Å². The van der Waals surface area contributed by atoms with Gasteiger partial charge in [0.05, 0.1) is 12.8 Å². The van der Waals surface area contributed by atoms with Crippen molar-refractivity contribution >= 4 is 39.4 Å². The minimum atomic E-state index is -0.124. The lowest BCUT2D eigenvalue weighted by atomic mass is 10.2. The maximum atomic E-state index is 12.6. The number of rotatable bonds is 3. The molecule has 3 rings (SSSR count). The third-order valence-corrected chi connectivity index (χ3v) is 4.06. The highest BCUT2D eigenvalue weighted by molar-refractivity contribution is 9.10. The van der Waals surface area contributed by atoms with Gasteiger partial charge >= 0.3 is 0 Å². The first-order chi connectivity index (χ1) is 11.1. The molecule has 0 radical (unpaired) electrons. The monoisotopic (exact) mass is 370 g/mol. The van der Waals surface area contributed by atoms with Crippen LogP contribution in [0.3, 0.4) is 0 Å². The molecule has 0 bridgehead atoms. The summed E-state index contributed by atoms with van der Waals surface area (Å²) in [5.74, 6) is 1.32. The molecule has 2 aromatic rings. The lowest BCUT2D eigenvalue weighted by Crippen LogP contribution is -2.30. The summed E-state index contributed by atoms with van der Waals surface area (Å²) in [7, 11) is 1.62. The predicted octanol–water partition coefficient (Wildman–Crippen LogP) is 4.26. The fraction of sp³-hybridized carbons (Fsp3) is 0.111. The highest BCUT2D eigenvalue weighted by atomic mass is 79.9. The van der Waals surface area contributed by atoms with Gasteiger partial charge in [0.1, 0.15) is 17.3 Å². The summed E-state index contributed by atoms with van der Waals surface area (Å²) >= 11 is 3.40. The van der Waals surface area contributed by atoms with Crippen LogP contribution in [0, 0.1) is 0 Å². The molecule has 0 spiro atoms. The average molecular weight is 371 g/mol. The molecule has 0 fully saturated rings. The summed E-state index contributed by atoms with van der Waals surface area (Å²) in [6.07, 6.45) is 1.78. The van der Waals surface area contributed by atoms with Gasteiger partial charge in [-0.2, -0.15) is 0 Å². The second kappa shape index (κ2) is 6.38. The van der Waals surface area contributed by atoms with Crippen LogP contribution in [0.4, 0.5) is 5.69 Å². The molecular formula is C18H15BrN2O2. The van der Waals surface area contributed by atoms with E-state index in [4.69, 9.17) is 4.74 Å². The molecule has 1 aliphatic rings. The number of methoxy groups -OCH3 is 1. The summed E-state index contributed by atoms with van der Waals surface area (Å²) in [4.78, 5) is 18.6. The van der Waals surface area contributed by atoms with Crippen LogP contribution in [0.1, 0.15) is 12.5 Å². The van der Waals surface area contributed by atoms with E-state index in [9.17, 15) is 4.79 Å². The maximum absolute atomic E-state index is 12.6. The van der Waals surface area contributed by atoms with E-state index in [0.29, 0.717) is 11.5 Å². The lowest BCUT2D eigenvalue weighted by Gasteiger charge is -2.15. The SMILES string of the molecule is COc1ccc(/C=C2/N=C(C)N(c3ccc(Br)cc3)C2=O)cc1. The second-order valence-corrected chi connectivity index (χ2v) is 5.99. The van der Waals surface area contributed by atoms with Crippen molar-refractivity contribution < 1.29 is 9.53 Å². The predicted molar refractivity (Wildman–Crippen MR) is 95.7 cm³/mol. The third kappa shape index (κ3) is 3.19. The number of ether oxygens (including phenoxy) is 1. The topological polar surface area (TPSA) is 41.9 Å². The molecule has 1 aliphatic heterocycles. The first-order valence-corrected chi connectivity index (χ1v) is 7.89. The second-order valence-electron chi connectivity index (χ2n) is 5.08. The van der Waals surface area contributed by atoms with Crippen molar-refractivity contribution in [1.82, 2.24) is 0 Å². The molecule has 0 atom stereocenters. The fourth-order valence-electron chi connectivity index (χ4n) is 2.38. The van der Waals surface area contributed by atoms with Crippen molar-refractivity contribution in [3.63, 3.8) is 0 Å². The quantitative estimate of drug-likeness (QED) is 0.757. The Hall–Kier alpha value is -2.40. The van der Waals surface area contributed by atoms with Gasteiger partial charge in [-0.1, -0.05) is 28.1 Å². The average Bonchev–Trinajstić information content (AvgIpc) is 2.83. The molecule has 1 heterocycles. The molecule has 0 aliphatic carbocycles. The number of hydrogen-bond acceptors (Lipinski definition) is 3. The molecule has 0 saturated heterocycles. The molecule has 23 heavy (non-hydrogen) atoms. The number of benzene rings is 2. The van der Waals surface area contributed by atoms with Crippen molar-refractivity contribution in [3.8, 4) is 5.75 Å². The number of aliphatic imine (C=N–C) groups is 1. The Bertz CT molecular complexity index is 793. The van der Waals surface area contributed by atoms with E-state index in [1.54, 1.807) is 18.1 Å². The Morgan fingerprint density at radius 2 is 1.74 bits per heavy atom. The summed E-state index contributed by atoms with van der Waals surface area (Å²) in [6.45, 7) is 1.83. The summed E-state index contributed by atoms with van der Waals surface area (Å²) in [5, 5.41) is 0. The van der Waals surface area contributed by atoms with E-state index in [2.05, 4.69) is 20.9 Å². The third-order valence-electron chi connectivity index (χ3n) is 3.53. The van der Waals surface area contributed by atoms with Gasteiger partial charge in [-0.3, -0.25) is 9.69 Å². The number of carbonyl (C=O) groups excluding carboxylic acids is 1. The Balaban J connectivity index is 1.89. The van der Waals surface area contributed by atoms with Gasteiger partial charge in [-0.05, 0) is 55.0 Å². The number of amides is 1. The summed E-state index contributed by atoms with van der Waals surface area (Å²) < 4.78 is 6.10. The van der Waals surface area contributed by atoms with Gasteiger partial charge in [-0.15, -0.1) is 0 Å². The molecule has 0 unspecified atom stereocenters. The van der Waals surface area contributed by atoms with Crippen LogP contribution in [0.2, 0.25) is 0 Å². The van der Waals surface area contributed by atoms with Crippen LogP contribution >= 0.6 is 15.9 Å². The highest BCUT2D eigenvalue weighted by Crippen LogP contribution is 2.26. The van der Waals surface area contributed by atoms with E-state index in [1.165, 1.54) is 0 Å². The summed E-state index contributed by atoms with van der Waals surface area (Å²) in [5.41, 5.74) is 2.14. The number of hydrogen-bond donors (Lipinski definition) is 0. The van der Waals surface area contributed by atoms with Gasteiger partial charge in [0.2, 0.25) is 0 Å². The Kier molecular flexibility index (Phi) is 4.30. The van der Waals surface area contributed by atoms with Crippen molar-refractivity contribution in [2.45, 2.75) is 6.92 Å². The highest BCUT2D eigenvalue weighted by Gasteiger charge is 2.28. The molecule has 0 N–H and O–H groups in total. The van der Waals surface area contributed by atoms with Crippen molar-refractivity contribution in [3.05, 3.63) is 64.3 Å². The van der Waals surface area contributed by atoms with E-state index in [-0.39, 0.29) is 5.91 Å². The minimum absolute atomic E-state index is 0.124. The van der Waals surface area contributed by atoms with Gasteiger partial charge in [-0.25, -0.2) is 4.99 Å². The standard InChI is InChI=1S/C18H15BrN2O2/c1-12-20-17(11-13-3-9-16(23-2)10-4-13)18(22)21(12)15-7-5-14(19)6-8-15/h3-11H,1-2H3/b17-11+. The van der Waals surface area contributed by atoms with Crippen LogP contribution in [-0.4, -0.2) is 18.9 Å². The van der Waals surface area contributed by atoms with Crippen LogP contribution < -0.4 is 9.64 Å². The number of amidine groups is 1. The smallest absolute Gasteiger partial charge is 0.282 e. The summed E-state index contributed by atoms with van der Waals surface area (Å²) in [6, 6.07) is 15.1. The lowest BCUT2D eigenvalue weighted by molar-refractivity contribution is -0.113. The number of carbonyl (C=O) groups is 1. The van der Waals surface area contributed by atoms with Crippen molar-refractivity contribution in [1.29, 1.82) is 0 Å². The zero-order chi connectivity index (χ0) is 16.4. The normalized spacial score (nSPS) is 16.0. The van der Waals surface area contributed by atoms with E-state index in [0.717, 1.165) is 21.5 Å². The first-order valence-electron chi connectivity index (χ1n) is 7.09. The van der Waals surface area contributed by atoms with Gasteiger partial charge in [0.15, 0.2) is 0 Å². The zero-order valence-electron chi connectivity index (χ0n) is 12.8. The minimum Gasteiger partial charge on any atom is -0.497 e. The Morgan fingerprint density at radius 1 is 1.09 bits per heavy atom. The largest absolute Gasteiger partial charge is 0.497 e. The molecule has 5 heteroatoms. The van der Waals surface area contributed by atoms with Crippen molar-refractivity contribution in [2.24, 2.45) is 4.99 Å². The molecule has 0 aromatic heterocycles. The molecular weight excluding hydrogens is 356 g/mol. The molecule has 1 amide bonds. The zero-order valence-corrected chi connectivity index (χ0v) is 14.4. The van der Waals surface area contributed by atoms with Crippen LogP contribution in [0.15, 0.2) is 63.7 Å². The first kappa shape index (κ1) is 15.5. The molecule has 2 aromatic carbocycles. The van der Waals surface area contributed by atoms with Gasteiger partial charge in [0, 0.05) is 4.47 Å². The maximum Gasteiger partial charge on any atom is 0.282 e. The van der Waals surface area contributed by atoms with E-state index < -0.39 is 0 Å². The van der Waals surface area contributed by atoms with Crippen molar-refractivity contribution in [2.75, 3.05) is 12.0 Å². The molecule has 0 saturated carbocycles. The fourth-order valence-corrected chi connectivity index (χ4v) is 2.64. The van der Waals surface area contributed by atoms with Crippen LogP contribution in [-0.2, 0) is 4.79 Å².